The Kier molecular flexibility index (Phi) is 3.50. The lowest BCUT2D eigenvalue weighted by Gasteiger charge is -2.11. The van der Waals surface area contributed by atoms with Crippen LogP contribution < -0.4 is 5.32 Å². The third kappa shape index (κ3) is 2.69. The highest BCUT2D eigenvalue weighted by atomic mass is 32.1. The second kappa shape index (κ2) is 5.07. The van der Waals surface area contributed by atoms with Crippen molar-refractivity contribution in [2.45, 2.75) is 6.04 Å². The van der Waals surface area contributed by atoms with Crippen molar-refractivity contribution >= 4 is 34.6 Å². The van der Waals surface area contributed by atoms with Gasteiger partial charge >= 0.3 is 5.97 Å². The third-order valence-corrected chi connectivity index (χ3v) is 3.72. The summed E-state index contributed by atoms with van der Waals surface area (Å²) >= 11 is 2.46. The van der Waals surface area contributed by atoms with Crippen molar-refractivity contribution in [1.82, 2.24) is 10.3 Å². The Morgan fingerprint density at radius 1 is 1.41 bits per heavy atom. The van der Waals surface area contributed by atoms with Gasteiger partial charge < -0.3 is 10.4 Å². The quantitative estimate of drug-likeness (QED) is 0.885. The molecule has 0 aromatic carbocycles. The van der Waals surface area contributed by atoms with Crippen LogP contribution in [0.25, 0.3) is 0 Å². The van der Waals surface area contributed by atoms with Gasteiger partial charge in [0.15, 0.2) is 6.04 Å². The molecule has 0 aliphatic carbocycles. The number of thiophene rings is 1. The van der Waals surface area contributed by atoms with Gasteiger partial charge in [0.1, 0.15) is 4.88 Å². The number of hydrogen-bond acceptors (Lipinski definition) is 5. The second-order valence-corrected chi connectivity index (χ2v) is 4.99. The number of carbonyl (C=O) groups is 2. The van der Waals surface area contributed by atoms with Gasteiger partial charge in [-0.1, -0.05) is 6.07 Å². The summed E-state index contributed by atoms with van der Waals surface area (Å²) < 4.78 is 0. The zero-order chi connectivity index (χ0) is 12.3. The van der Waals surface area contributed by atoms with Gasteiger partial charge in [0.05, 0.1) is 11.7 Å². The van der Waals surface area contributed by atoms with Crippen LogP contribution in [0.2, 0.25) is 0 Å². The number of nitrogens with zero attached hydrogens (tertiary/aromatic N) is 1. The predicted octanol–water partition coefficient (Wildman–Crippen LogP) is 1.76. The first-order valence-corrected chi connectivity index (χ1v) is 6.40. The van der Waals surface area contributed by atoms with Crippen LogP contribution in [0.5, 0.6) is 0 Å². The van der Waals surface area contributed by atoms with Gasteiger partial charge in [-0.2, -0.15) is 0 Å². The highest BCUT2D eigenvalue weighted by Crippen LogP contribution is 2.20. The molecule has 17 heavy (non-hydrogen) atoms. The lowest BCUT2D eigenvalue weighted by Crippen LogP contribution is -2.32. The number of hydrogen-bond donors (Lipinski definition) is 2. The van der Waals surface area contributed by atoms with Crippen LogP contribution in [0.1, 0.15) is 20.6 Å². The van der Waals surface area contributed by atoms with E-state index in [4.69, 9.17) is 5.11 Å². The molecule has 2 heterocycles. The molecule has 7 heteroatoms. The highest BCUT2D eigenvalue weighted by Gasteiger charge is 2.23. The third-order valence-electron chi connectivity index (χ3n) is 2.01. The Morgan fingerprint density at radius 3 is 2.76 bits per heavy atom. The number of thiazole rings is 1. The van der Waals surface area contributed by atoms with E-state index in [0.29, 0.717) is 9.75 Å². The number of nitrogens with one attached hydrogen (secondary N) is 1. The Hall–Kier alpha value is -1.73. The monoisotopic (exact) mass is 268 g/mol. The van der Waals surface area contributed by atoms with Gasteiger partial charge in [0.25, 0.3) is 5.91 Å². The van der Waals surface area contributed by atoms with Crippen molar-refractivity contribution in [3.63, 3.8) is 0 Å². The van der Waals surface area contributed by atoms with Gasteiger partial charge in [0, 0.05) is 4.88 Å². The molecule has 0 saturated heterocycles. The van der Waals surface area contributed by atoms with Gasteiger partial charge in [-0.05, 0) is 11.4 Å². The van der Waals surface area contributed by atoms with Gasteiger partial charge in [-0.3, -0.25) is 9.78 Å². The zero-order valence-electron chi connectivity index (χ0n) is 8.49. The summed E-state index contributed by atoms with van der Waals surface area (Å²) in [6.07, 6.45) is 1.41. The lowest BCUT2D eigenvalue weighted by molar-refractivity contribution is -0.139. The summed E-state index contributed by atoms with van der Waals surface area (Å²) in [6.45, 7) is 0. The van der Waals surface area contributed by atoms with Crippen LogP contribution in [0, 0.1) is 0 Å². The van der Waals surface area contributed by atoms with Gasteiger partial charge in [0.2, 0.25) is 0 Å². The summed E-state index contributed by atoms with van der Waals surface area (Å²) in [6, 6.07) is 2.41. The largest absolute Gasteiger partial charge is 0.479 e. The Balaban J connectivity index is 2.14. The van der Waals surface area contributed by atoms with Crippen LogP contribution >= 0.6 is 22.7 Å². The molecule has 2 aromatic heterocycles. The van der Waals surface area contributed by atoms with E-state index in [1.807, 2.05) is 0 Å². The fraction of sp³-hybridized carbons (Fsp3) is 0.100. The minimum atomic E-state index is -1.08. The lowest BCUT2D eigenvalue weighted by atomic mass is 10.2. The highest BCUT2D eigenvalue weighted by molar-refractivity contribution is 7.11. The summed E-state index contributed by atoms with van der Waals surface area (Å²) in [5, 5.41) is 13.3. The zero-order valence-corrected chi connectivity index (χ0v) is 10.1. The molecule has 0 bridgehead atoms. The molecule has 5 nitrogen and oxygen atoms in total. The SMILES string of the molecule is O=C(NC(C(=O)O)c1cccs1)c1cncs1. The fourth-order valence-corrected chi connectivity index (χ4v) is 2.53. The molecule has 2 N–H and O–H groups in total. The van der Waals surface area contributed by atoms with Gasteiger partial charge in [-0.25, -0.2) is 4.79 Å². The maximum atomic E-state index is 11.7. The summed E-state index contributed by atoms with van der Waals surface area (Å²) in [5.74, 6) is -1.50. The first kappa shape index (κ1) is 11.7. The van der Waals surface area contributed by atoms with E-state index >= 15 is 0 Å². The summed E-state index contributed by atoms with van der Waals surface area (Å²) in [5.41, 5.74) is 1.52. The maximum Gasteiger partial charge on any atom is 0.331 e. The normalized spacial score (nSPS) is 12.0. The molecule has 0 spiro atoms. The average Bonchev–Trinajstić information content (AvgIpc) is 2.97. The fourth-order valence-electron chi connectivity index (χ4n) is 1.24. The standard InChI is InChI=1S/C10H8N2O3S2/c13-9(7-4-11-5-17-7)12-8(10(14)15)6-2-1-3-16-6/h1-5,8H,(H,12,13)(H,14,15). The Morgan fingerprint density at radius 2 is 2.24 bits per heavy atom. The number of carboxylic acid groups (broad SMARTS) is 1. The molecule has 2 rings (SSSR count). The number of aromatic nitrogens is 1. The number of carboxylic acids is 1. The van der Waals surface area contributed by atoms with Crippen LogP contribution in [-0.4, -0.2) is 22.0 Å². The van der Waals surface area contributed by atoms with Crippen LogP contribution in [-0.2, 0) is 4.79 Å². The van der Waals surface area contributed by atoms with Crippen LogP contribution in [0.15, 0.2) is 29.2 Å². The molecule has 1 amide bonds. The van der Waals surface area contributed by atoms with E-state index in [-0.39, 0.29) is 0 Å². The first-order chi connectivity index (χ1) is 8.18. The molecule has 0 aliphatic heterocycles. The molecule has 0 radical (unpaired) electrons. The van der Waals surface area contributed by atoms with Crippen molar-refractivity contribution in [3.05, 3.63) is 39.0 Å². The molecular weight excluding hydrogens is 260 g/mol. The van der Waals surface area contributed by atoms with E-state index in [0.717, 1.165) is 0 Å². The van der Waals surface area contributed by atoms with E-state index in [9.17, 15) is 9.59 Å². The minimum Gasteiger partial charge on any atom is -0.479 e. The number of carbonyl (C=O) groups excluding carboxylic acids is 1. The Labute approximate surface area is 105 Å². The number of amides is 1. The molecular formula is C10H8N2O3S2. The topological polar surface area (TPSA) is 79.3 Å². The molecule has 0 saturated carbocycles. The first-order valence-electron chi connectivity index (χ1n) is 4.64. The van der Waals surface area contributed by atoms with Gasteiger partial charge in [-0.15, -0.1) is 22.7 Å². The van der Waals surface area contributed by atoms with E-state index in [1.54, 1.807) is 17.5 Å². The smallest absolute Gasteiger partial charge is 0.331 e. The molecule has 2 aromatic rings. The van der Waals surface area contributed by atoms with Crippen LogP contribution in [0.3, 0.4) is 0 Å². The molecule has 0 aliphatic rings. The van der Waals surface area contributed by atoms with E-state index in [2.05, 4.69) is 10.3 Å². The molecule has 0 fully saturated rings. The van der Waals surface area contributed by atoms with Crippen molar-refractivity contribution in [1.29, 1.82) is 0 Å². The van der Waals surface area contributed by atoms with E-state index in [1.165, 1.54) is 34.4 Å². The Bertz CT molecular complexity index is 508. The summed E-state index contributed by atoms with van der Waals surface area (Å²) in [7, 11) is 0. The second-order valence-electron chi connectivity index (χ2n) is 3.13. The van der Waals surface area contributed by atoms with Crippen molar-refractivity contribution in [2.24, 2.45) is 0 Å². The molecule has 1 atom stereocenters. The van der Waals surface area contributed by atoms with Crippen molar-refractivity contribution < 1.29 is 14.7 Å². The minimum absolute atomic E-state index is 0.396. The van der Waals surface area contributed by atoms with Crippen LogP contribution in [0.4, 0.5) is 0 Å². The van der Waals surface area contributed by atoms with Crippen molar-refractivity contribution in [2.75, 3.05) is 0 Å². The van der Waals surface area contributed by atoms with Crippen molar-refractivity contribution in [3.8, 4) is 0 Å². The molecule has 1 unspecified atom stereocenters. The summed E-state index contributed by atoms with van der Waals surface area (Å²) in [4.78, 5) is 27.6. The number of rotatable bonds is 4. The average molecular weight is 268 g/mol. The maximum absolute atomic E-state index is 11.7. The number of aliphatic carboxylic acids is 1. The predicted molar refractivity (Wildman–Crippen MR) is 64.3 cm³/mol. The van der Waals surface area contributed by atoms with E-state index < -0.39 is 17.9 Å². The molecule has 88 valence electrons.